The molecule has 0 aliphatic carbocycles. The van der Waals surface area contributed by atoms with Crippen LogP contribution in [-0.2, 0) is 11.3 Å². The summed E-state index contributed by atoms with van der Waals surface area (Å²) >= 11 is 0. The lowest BCUT2D eigenvalue weighted by Crippen LogP contribution is -2.23. The number of halogens is 2. The molecule has 0 aliphatic rings. The first-order valence-electron chi connectivity index (χ1n) is 6.52. The summed E-state index contributed by atoms with van der Waals surface area (Å²) in [6.07, 6.45) is 1.50. The fourth-order valence-electron chi connectivity index (χ4n) is 1.81. The summed E-state index contributed by atoms with van der Waals surface area (Å²) in [5.41, 5.74) is 1.57. The van der Waals surface area contributed by atoms with Gasteiger partial charge in [-0.15, -0.1) is 0 Å². The van der Waals surface area contributed by atoms with E-state index in [0.29, 0.717) is 17.7 Å². The summed E-state index contributed by atoms with van der Waals surface area (Å²) < 4.78 is 26.3. The number of rotatable bonds is 4. The van der Waals surface area contributed by atoms with Gasteiger partial charge < -0.3 is 5.32 Å². The fourth-order valence-corrected chi connectivity index (χ4v) is 1.81. The van der Waals surface area contributed by atoms with Crippen LogP contribution in [0.5, 0.6) is 0 Å². The van der Waals surface area contributed by atoms with Gasteiger partial charge in [-0.25, -0.2) is 8.78 Å². The van der Waals surface area contributed by atoms with Crippen LogP contribution in [0.25, 0.3) is 6.08 Å². The predicted octanol–water partition coefficient (Wildman–Crippen LogP) is 3.68. The lowest BCUT2D eigenvalue weighted by molar-refractivity contribution is -0.117. The van der Waals surface area contributed by atoms with Gasteiger partial charge in [-0.05, 0) is 36.8 Å². The van der Waals surface area contributed by atoms with E-state index in [2.05, 4.69) is 5.32 Å². The molecule has 2 rings (SSSR count). The molecule has 2 nitrogen and oxygen atoms in total. The highest BCUT2D eigenvalue weighted by Gasteiger charge is 2.06. The van der Waals surface area contributed by atoms with Crippen molar-refractivity contribution in [1.29, 1.82) is 0 Å². The van der Waals surface area contributed by atoms with E-state index in [-0.39, 0.29) is 17.5 Å². The standard InChI is InChI=1S/C17H15F2NO/c1-12(10-14-4-2-3-5-16(14)19)17(21)20-11-13-6-8-15(18)9-7-13/h2-10H,11H2,1H3,(H,20,21)/b12-10+. The van der Waals surface area contributed by atoms with Crippen LogP contribution in [0.4, 0.5) is 8.78 Å². The third kappa shape index (κ3) is 4.24. The summed E-state index contributed by atoms with van der Waals surface area (Å²) in [7, 11) is 0. The van der Waals surface area contributed by atoms with Gasteiger partial charge in [0.1, 0.15) is 11.6 Å². The van der Waals surface area contributed by atoms with Crippen LogP contribution >= 0.6 is 0 Å². The van der Waals surface area contributed by atoms with Gasteiger partial charge in [0.05, 0.1) is 0 Å². The molecule has 21 heavy (non-hydrogen) atoms. The minimum absolute atomic E-state index is 0.289. The Labute approximate surface area is 122 Å². The average molecular weight is 287 g/mol. The molecular weight excluding hydrogens is 272 g/mol. The Kier molecular flexibility index (Phi) is 4.82. The second-order valence-corrected chi connectivity index (χ2v) is 4.66. The van der Waals surface area contributed by atoms with E-state index in [1.54, 1.807) is 37.3 Å². The van der Waals surface area contributed by atoms with Gasteiger partial charge in [0, 0.05) is 17.7 Å². The van der Waals surface area contributed by atoms with Gasteiger partial charge in [0.2, 0.25) is 5.91 Å². The Hall–Kier alpha value is -2.49. The summed E-state index contributed by atoms with van der Waals surface area (Å²) in [6.45, 7) is 1.91. The zero-order chi connectivity index (χ0) is 15.2. The van der Waals surface area contributed by atoms with Crippen LogP contribution in [0.1, 0.15) is 18.1 Å². The SMILES string of the molecule is C/C(=C\c1ccccc1F)C(=O)NCc1ccc(F)cc1. The third-order valence-electron chi connectivity index (χ3n) is 3.00. The third-order valence-corrected chi connectivity index (χ3v) is 3.00. The van der Waals surface area contributed by atoms with E-state index in [4.69, 9.17) is 0 Å². The fraction of sp³-hybridized carbons (Fsp3) is 0.118. The molecule has 2 aromatic rings. The summed E-state index contributed by atoms with van der Waals surface area (Å²) in [4.78, 5) is 11.9. The number of benzene rings is 2. The molecule has 1 amide bonds. The van der Waals surface area contributed by atoms with Gasteiger partial charge in [-0.2, -0.15) is 0 Å². The maximum absolute atomic E-state index is 13.5. The molecule has 0 saturated heterocycles. The maximum Gasteiger partial charge on any atom is 0.247 e. The second kappa shape index (κ2) is 6.79. The minimum Gasteiger partial charge on any atom is -0.348 e. The molecule has 0 atom stereocenters. The molecule has 0 saturated carbocycles. The Bertz CT molecular complexity index is 663. The Morgan fingerprint density at radius 1 is 1.10 bits per heavy atom. The largest absolute Gasteiger partial charge is 0.348 e. The summed E-state index contributed by atoms with van der Waals surface area (Å²) in [6, 6.07) is 12.1. The lowest BCUT2D eigenvalue weighted by Gasteiger charge is -2.06. The van der Waals surface area contributed by atoms with Crippen molar-refractivity contribution in [2.45, 2.75) is 13.5 Å². The predicted molar refractivity (Wildman–Crippen MR) is 78.3 cm³/mol. The Morgan fingerprint density at radius 2 is 1.76 bits per heavy atom. The monoisotopic (exact) mass is 287 g/mol. The quantitative estimate of drug-likeness (QED) is 0.854. The van der Waals surface area contributed by atoms with Crippen LogP contribution < -0.4 is 5.32 Å². The molecular formula is C17H15F2NO. The Balaban J connectivity index is 2.00. The van der Waals surface area contributed by atoms with Crippen molar-refractivity contribution in [3.8, 4) is 0 Å². The zero-order valence-electron chi connectivity index (χ0n) is 11.6. The number of carbonyl (C=O) groups is 1. The molecule has 0 bridgehead atoms. The first-order chi connectivity index (χ1) is 10.1. The highest BCUT2D eigenvalue weighted by Crippen LogP contribution is 2.11. The van der Waals surface area contributed by atoms with Crippen molar-refractivity contribution in [1.82, 2.24) is 5.32 Å². The minimum atomic E-state index is -0.372. The zero-order valence-corrected chi connectivity index (χ0v) is 11.6. The van der Waals surface area contributed by atoms with E-state index in [1.807, 2.05) is 0 Å². The first-order valence-corrected chi connectivity index (χ1v) is 6.52. The highest BCUT2D eigenvalue weighted by molar-refractivity contribution is 5.97. The van der Waals surface area contributed by atoms with Crippen molar-refractivity contribution >= 4 is 12.0 Å². The number of hydrogen-bond donors (Lipinski definition) is 1. The van der Waals surface area contributed by atoms with E-state index in [9.17, 15) is 13.6 Å². The normalized spacial score (nSPS) is 11.3. The van der Waals surface area contributed by atoms with E-state index in [0.717, 1.165) is 5.56 Å². The van der Waals surface area contributed by atoms with Crippen molar-refractivity contribution in [2.24, 2.45) is 0 Å². The number of hydrogen-bond acceptors (Lipinski definition) is 1. The molecule has 0 fully saturated rings. The number of carbonyl (C=O) groups excluding carboxylic acids is 1. The molecule has 0 spiro atoms. The molecule has 1 N–H and O–H groups in total. The highest BCUT2D eigenvalue weighted by atomic mass is 19.1. The van der Waals surface area contributed by atoms with Crippen molar-refractivity contribution in [3.63, 3.8) is 0 Å². The lowest BCUT2D eigenvalue weighted by atomic mass is 10.1. The van der Waals surface area contributed by atoms with Gasteiger partial charge in [-0.3, -0.25) is 4.79 Å². The molecule has 108 valence electrons. The van der Waals surface area contributed by atoms with Crippen LogP contribution in [0.15, 0.2) is 54.1 Å². The van der Waals surface area contributed by atoms with Gasteiger partial charge in [0.15, 0.2) is 0 Å². The van der Waals surface area contributed by atoms with Crippen molar-refractivity contribution < 1.29 is 13.6 Å². The van der Waals surface area contributed by atoms with E-state index in [1.165, 1.54) is 24.3 Å². The molecule has 0 radical (unpaired) electrons. The van der Waals surface area contributed by atoms with Crippen LogP contribution in [-0.4, -0.2) is 5.91 Å². The molecule has 0 unspecified atom stereocenters. The topological polar surface area (TPSA) is 29.1 Å². The van der Waals surface area contributed by atoms with Crippen molar-refractivity contribution in [3.05, 3.63) is 76.9 Å². The van der Waals surface area contributed by atoms with Crippen LogP contribution in [0.2, 0.25) is 0 Å². The van der Waals surface area contributed by atoms with Crippen LogP contribution in [0.3, 0.4) is 0 Å². The van der Waals surface area contributed by atoms with Gasteiger partial charge in [0.25, 0.3) is 0 Å². The van der Waals surface area contributed by atoms with Crippen molar-refractivity contribution in [2.75, 3.05) is 0 Å². The van der Waals surface area contributed by atoms with Crippen LogP contribution in [0, 0.1) is 11.6 Å². The summed E-state index contributed by atoms with van der Waals surface area (Å²) in [5, 5.41) is 2.71. The van der Waals surface area contributed by atoms with Gasteiger partial charge >= 0.3 is 0 Å². The molecule has 4 heteroatoms. The smallest absolute Gasteiger partial charge is 0.247 e. The number of amides is 1. The average Bonchev–Trinajstić information content (AvgIpc) is 2.48. The molecule has 0 aromatic heterocycles. The molecule has 0 heterocycles. The molecule has 2 aromatic carbocycles. The summed E-state index contributed by atoms with van der Waals surface area (Å²) in [5.74, 6) is -0.980. The Morgan fingerprint density at radius 3 is 2.43 bits per heavy atom. The number of nitrogens with one attached hydrogen (secondary N) is 1. The molecule has 0 aliphatic heterocycles. The maximum atomic E-state index is 13.5. The van der Waals surface area contributed by atoms with E-state index >= 15 is 0 Å². The van der Waals surface area contributed by atoms with Gasteiger partial charge in [-0.1, -0.05) is 30.3 Å². The van der Waals surface area contributed by atoms with E-state index < -0.39 is 0 Å². The second-order valence-electron chi connectivity index (χ2n) is 4.66. The first kappa shape index (κ1) is 14.9.